The molecule has 0 unspecified atom stereocenters. The molecule has 0 fully saturated rings. The summed E-state index contributed by atoms with van der Waals surface area (Å²) in [7, 11) is 0. The Kier molecular flexibility index (Phi) is 2.37. The van der Waals surface area contributed by atoms with Crippen LogP contribution in [-0.4, -0.2) is 16.1 Å². The lowest BCUT2D eigenvalue weighted by molar-refractivity contribution is 0.0693. The van der Waals surface area contributed by atoms with Crippen LogP contribution in [0.5, 0.6) is 0 Å². The van der Waals surface area contributed by atoms with Crippen molar-refractivity contribution < 1.29 is 9.90 Å². The summed E-state index contributed by atoms with van der Waals surface area (Å²) in [4.78, 5) is 14.9. The molecular formula is C12H11NO2. The first-order chi connectivity index (χ1) is 7.24. The zero-order chi connectivity index (χ0) is 10.8. The van der Waals surface area contributed by atoms with E-state index in [2.05, 4.69) is 4.98 Å². The van der Waals surface area contributed by atoms with E-state index in [1.165, 1.54) is 0 Å². The van der Waals surface area contributed by atoms with Crippen molar-refractivity contribution in [3.8, 4) is 0 Å². The van der Waals surface area contributed by atoms with E-state index < -0.39 is 5.97 Å². The van der Waals surface area contributed by atoms with Crippen LogP contribution in [0.15, 0.2) is 30.5 Å². The minimum Gasteiger partial charge on any atom is -0.476 e. The number of aromatic nitrogens is 1. The molecule has 15 heavy (non-hydrogen) atoms. The highest BCUT2D eigenvalue weighted by Gasteiger charge is 2.11. The van der Waals surface area contributed by atoms with Crippen molar-refractivity contribution in [3.63, 3.8) is 0 Å². The second-order valence-corrected chi connectivity index (χ2v) is 3.34. The summed E-state index contributed by atoms with van der Waals surface area (Å²) in [6.45, 7) is 2.03. The highest BCUT2D eigenvalue weighted by atomic mass is 16.4. The van der Waals surface area contributed by atoms with Crippen LogP contribution in [0.3, 0.4) is 0 Å². The summed E-state index contributed by atoms with van der Waals surface area (Å²) >= 11 is 0. The number of hydrogen-bond donors (Lipinski definition) is 1. The molecule has 0 radical (unpaired) electrons. The van der Waals surface area contributed by atoms with Crippen molar-refractivity contribution in [2.45, 2.75) is 13.3 Å². The Labute approximate surface area is 87.4 Å². The number of fused-ring (bicyclic) bond motifs is 1. The van der Waals surface area contributed by atoms with E-state index in [9.17, 15) is 4.79 Å². The lowest BCUT2D eigenvalue weighted by Crippen LogP contribution is -2.02. The number of nitrogens with zero attached hydrogens (tertiary/aromatic N) is 1. The van der Waals surface area contributed by atoms with Gasteiger partial charge in [0.15, 0.2) is 5.69 Å². The summed E-state index contributed by atoms with van der Waals surface area (Å²) in [5.41, 5.74) is 1.21. The van der Waals surface area contributed by atoms with E-state index in [4.69, 9.17) is 5.11 Å². The third-order valence-electron chi connectivity index (χ3n) is 2.46. The number of rotatable bonds is 2. The Morgan fingerprint density at radius 2 is 2.00 bits per heavy atom. The lowest BCUT2D eigenvalue weighted by atomic mass is 10.0. The standard InChI is InChI=1S/C12H11NO2/c1-2-8-7-13-11(12(14)15)10-6-4-3-5-9(8)10/h3-7H,2H2,1H3,(H,14,15). The first kappa shape index (κ1) is 9.65. The van der Waals surface area contributed by atoms with Crippen molar-refractivity contribution in [2.24, 2.45) is 0 Å². The molecule has 0 atom stereocenters. The van der Waals surface area contributed by atoms with Gasteiger partial charge in [-0.3, -0.25) is 0 Å². The summed E-state index contributed by atoms with van der Waals surface area (Å²) in [5, 5.41) is 10.7. The summed E-state index contributed by atoms with van der Waals surface area (Å²) in [6, 6.07) is 7.47. The minimum absolute atomic E-state index is 0.128. The van der Waals surface area contributed by atoms with Gasteiger partial charge in [0.2, 0.25) is 0 Å². The van der Waals surface area contributed by atoms with Crippen molar-refractivity contribution in [3.05, 3.63) is 41.7 Å². The third-order valence-corrected chi connectivity index (χ3v) is 2.46. The van der Waals surface area contributed by atoms with E-state index in [-0.39, 0.29) is 5.69 Å². The number of hydrogen-bond acceptors (Lipinski definition) is 2. The minimum atomic E-state index is -0.978. The van der Waals surface area contributed by atoms with E-state index in [1.54, 1.807) is 12.3 Å². The molecule has 0 aliphatic carbocycles. The molecule has 0 spiro atoms. The zero-order valence-corrected chi connectivity index (χ0v) is 8.40. The normalized spacial score (nSPS) is 10.5. The topological polar surface area (TPSA) is 50.2 Å². The number of aryl methyl sites for hydroxylation is 1. The van der Waals surface area contributed by atoms with E-state index in [1.807, 2.05) is 25.1 Å². The van der Waals surface area contributed by atoms with E-state index in [0.29, 0.717) is 5.39 Å². The molecule has 0 saturated heterocycles. The van der Waals surface area contributed by atoms with Crippen LogP contribution in [0, 0.1) is 0 Å². The molecule has 1 N–H and O–H groups in total. The summed E-state index contributed by atoms with van der Waals surface area (Å²) < 4.78 is 0. The number of carbonyl (C=O) groups is 1. The Morgan fingerprint density at radius 3 is 2.60 bits per heavy atom. The van der Waals surface area contributed by atoms with Gasteiger partial charge in [-0.15, -0.1) is 0 Å². The molecular weight excluding hydrogens is 190 g/mol. The predicted octanol–water partition coefficient (Wildman–Crippen LogP) is 2.50. The molecule has 76 valence electrons. The number of aromatic carboxylic acids is 1. The van der Waals surface area contributed by atoms with Crippen LogP contribution in [-0.2, 0) is 6.42 Å². The zero-order valence-electron chi connectivity index (χ0n) is 8.40. The average Bonchev–Trinajstić information content (AvgIpc) is 2.27. The third kappa shape index (κ3) is 1.56. The van der Waals surface area contributed by atoms with Crippen LogP contribution < -0.4 is 0 Å². The van der Waals surface area contributed by atoms with Gasteiger partial charge in [0.25, 0.3) is 0 Å². The molecule has 0 saturated carbocycles. The van der Waals surface area contributed by atoms with E-state index in [0.717, 1.165) is 17.4 Å². The van der Waals surface area contributed by atoms with Gasteiger partial charge >= 0.3 is 5.97 Å². The van der Waals surface area contributed by atoms with Crippen LogP contribution >= 0.6 is 0 Å². The van der Waals surface area contributed by atoms with Gasteiger partial charge in [-0.05, 0) is 17.4 Å². The highest BCUT2D eigenvalue weighted by Crippen LogP contribution is 2.21. The Hall–Kier alpha value is -1.90. The Bertz CT molecular complexity index is 520. The van der Waals surface area contributed by atoms with Gasteiger partial charge in [0.05, 0.1) is 0 Å². The van der Waals surface area contributed by atoms with Crippen molar-refractivity contribution >= 4 is 16.7 Å². The van der Waals surface area contributed by atoms with Crippen molar-refractivity contribution in [2.75, 3.05) is 0 Å². The summed E-state index contributed by atoms with van der Waals surface area (Å²) in [5.74, 6) is -0.978. The van der Waals surface area contributed by atoms with Crippen molar-refractivity contribution in [1.29, 1.82) is 0 Å². The molecule has 1 heterocycles. The van der Waals surface area contributed by atoms with Gasteiger partial charge in [-0.25, -0.2) is 9.78 Å². The largest absolute Gasteiger partial charge is 0.476 e. The smallest absolute Gasteiger partial charge is 0.355 e. The van der Waals surface area contributed by atoms with Crippen LogP contribution in [0.25, 0.3) is 10.8 Å². The van der Waals surface area contributed by atoms with Crippen LogP contribution in [0.1, 0.15) is 23.0 Å². The van der Waals surface area contributed by atoms with Crippen molar-refractivity contribution in [1.82, 2.24) is 4.98 Å². The first-order valence-electron chi connectivity index (χ1n) is 4.84. The maximum absolute atomic E-state index is 11.0. The number of carboxylic acid groups (broad SMARTS) is 1. The van der Waals surface area contributed by atoms with E-state index >= 15 is 0 Å². The Balaban J connectivity index is 2.83. The molecule has 1 aromatic carbocycles. The molecule has 0 amide bonds. The van der Waals surface area contributed by atoms with Crippen LogP contribution in [0.2, 0.25) is 0 Å². The fourth-order valence-electron chi connectivity index (χ4n) is 1.70. The number of carboxylic acids is 1. The number of benzene rings is 1. The molecule has 0 aliphatic rings. The predicted molar refractivity (Wildman–Crippen MR) is 58.1 cm³/mol. The first-order valence-corrected chi connectivity index (χ1v) is 4.84. The van der Waals surface area contributed by atoms with Gasteiger partial charge < -0.3 is 5.11 Å². The Morgan fingerprint density at radius 1 is 1.33 bits per heavy atom. The second kappa shape index (κ2) is 3.69. The molecule has 0 bridgehead atoms. The second-order valence-electron chi connectivity index (χ2n) is 3.34. The van der Waals surface area contributed by atoms with Gasteiger partial charge in [0, 0.05) is 11.6 Å². The monoisotopic (exact) mass is 201 g/mol. The molecule has 2 aromatic rings. The molecule has 1 aromatic heterocycles. The van der Waals surface area contributed by atoms with Gasteiger partial charge in [-0.2, -0.15) is 0 Å². The molecule has 2 rings (SSSR count). The quantitative estimate of drug-likeness (QED) is 0.812. The SMILES string of the molecule is CCc1cnc(C(=O)O)c2ccccc12. The fraction of sp³-hybridized carbons (Fsp3) is 0.167. The highest BCUT2D eigenvalue weighted by molar-refractivity contribution is 6.02. The average molecular weight is 201 g/mol. The van der Waals surface area contributed by atoms with Gasteiger partial charge in [-0.1, -0.05) is 31.2 Å². The maximum Gasteiger partial charge on any atom is 0.355 e. The molecule has 3 heteroatoms. The lowest BCUT2D eigenvalue weighted by Gasteiger charge is -2.05. The summed E-state index contributed by atoms with van der Waals surface area (Å²) in [6.07, 6.45) is 2.50. The van der Waals surface area contributed by atoms with Gasteiger partial charge in [0.1, 0.15) is 0 Å². The number of pyridine rings is 1. The molecule has 3 nitrogen and oxygen atoms in total. The fourth-order valence-corrected chi connectivity index (χ4v) is 1.70. The van der Waals surface area contributed by atoms with Crippen LogP contribution in [0.4, 0.5) is 0 Å². The maximum atomic E-state index is 11.0. The molecule has 0 aliphatic heterocycles.